The minimum absolute atomic E-state index is 0.394. The number of para-hydroxylation sites is 2. The highest BCUT2D eigenvalue weighted by atomic mass is 35.5. The maximum atomic E-state index is 11.6. The Hall–Kier alpha value is -4.57. The summed E-state index contributed by atoms with van der Waals surface area (Å²) in [5.41, 5.74) is 6.64. The van der Waals surface area contributed by atoms with Gasteiger partial charge < -0.3 is 15.2 Å². The minimum Gasteiger partial charge on any atom is -0.415 e. The monoisotopic (exact) mass is 546 g/mol. The third-order valence-electron chi connectivity index (χ3n) is 5.48. The summed E-state index contributed by atoms with van der Waals surface area (Å²) >= 11 is 4.95. The number of ether oxygens (including phenoxy) is 2. The van der Waals surface area contributed by atoms with Crippen LogP contribution in [-0.2, 0) is 0 Å². The highest BCUT2D eigenvalue weighted by Crippen LogP contribution is 2.39. The summed E-state index contributed by atoms with van der Waals surface area (Å²) in [5.74, 6) is 3.07. The zero-order valence-corrected chi connectivity index (χ0v) is 21.7. The topological polar surface area (TPSA) is 142 Å². The summed E-state index contributed by atoms with van der Waals surface area (Å²) in [7, 11) is 0. The van der Waals surface area contributed by atoms with Gasteiger partial charge >= 0.3 is 11.5 Å². The van der Waals surface area contributed by atoms with Crippen molar-refractivity contribution in [1.82, 2.24) is 19.9 Å². The van der Waals surface area contributed by atoms with E-state index in [2.05, 4.69) is 30.0 Å². The van der Waals surface area contributed by atoms with Crippen LogP contribution in [0.15, 0.2) is 85.5 Å². The van der Waals surface area contributed by atoms with E-state index in [0.29, 0.717) is 35.0 Å². The molecule has 2 aliphatic rings. The lowest BCUT2D eigenvalue weighted by atomic mass is 10.3. The van der Waals surface area contributed by atoms with E-state index in [1.165, 1.54) is 25.7 Å². The van der Waals surface area contributed by atoms with Gasteiger partial charge in [0.25, 0.3) is 0 Å². The van der Waals surface area contributed by atoms with Crippen molar-refractivity contribution in [3.05, 3.63) is 96.8 Å². The molecular weight excluding hydrogens is 520 g/mol. The molecule has 39 heavy (non-hydrogen) atoms. The van der Waals surface area contributed by atoms with E-state index in [-0.39, 0.29) is 0 Å². The maximum Gasteiger partial charge on any atom is 0.418 e. The lowest BCUT2D eigenvalue weighted by molar-refractivity contribution is 0.215. The fourth-order valence-corrected chi connectivity index (χ4v) is 3.33. The smallest absolute Gasteiger partial charge is 0.415 e. The lowest BCUT2D eigenvalue weighted by Crippen LogP contribution is -2.17. The molecule has 2 fully saturated rings. The zero-order valence-electron chi connectivity index (χ0n) is 20.9. The van der Waals surface area contributed by atoms with Gasteiger partial charge in [0.15, 0.2) is 5.82 Å². The SMILES string of the molecule is Nc1cnc(C2CC2)cn1.O=C(Cl)Oc1ccccc1.O=C(Nc1cnc(C2CC2)cn1)Oc1ccccc1. The Bertz CT molecular complexity index is 1330. The molecule has 0 spiro atoms. The normalized spacial score (nSPS) is 13.5. The van der Waals surface area contributed by atoms with Gasteiger partial charge in [-0.15, -0.1) is 0 Å². The second-order valence-corrected chi connectivity index (χ2v) is 9.03. The molecule has 3 N–H and O–H groups in total. The van der Waals surface area contributed by atoms with Crippen LogP contribution in [0.5, 0.6) is 11.5 Å². The zero-order chi connectivity index (χ0) is 27.5. The van der Waals surface area contributed by atoms with E-state index < -0.39 is 11.5 Å². The quantitative estimate of drug-likeness (QED) is 0.274. The molecule has 11 heteroatoms. The van der Waals surface area contributed by atoms with E-state index in [0.717, 1.165) is 11.4 Å². The highest BCUT2D eigenvalue weighted by Gasteiger charge is 2.25. The number of aromatic nitrogens is 4. The van der Waals surface area contributed by atoms with Crippen LogP contribution in [0.2, 0.25) is 0 Å². The fourth-order valence-electron chi connectivity index (χ4n) is 3.24. The Morgan fingerprint density at radius 1 is 0.718 bits per heavy atom. The Morgan fingerprint density at radius 3 is 1.67 bits per heavy atom. The molecule has 2 aromatic heterocycles. The van der Waals surface area contributed by atoms with Gasteiger partial charge in [0.05, 0.1) is 36.2 Å². The summed E-state index contributed by atoms with van der Waals surface area (Å²) in [5, 5.41) is 2.54. The molecule has 10 nitrogen and oxygen atoms in total. The van der Waals surface area contributed by atoms with Crippen molar-refractivity contribution in [2.75, 3.05) is 11.1 Å². The van der Waals surface area contributed by atoms with Crippen molar-refractivity contribution in [2.24, 2.45) is 0 Å². The van der Waals surface area contributed by atoms with E-state index in [1.54, 1.807) is 73.3 Å². The number of carbonyl (C=O) groups excluding carboxylic acids is 2. The maximum absolute atomic E-state index is 11.6. The minimum atomic E-state index is -0.814. The largest absolute Gasteiger partial charge is 0.418 e. The molecule has 0 unspecified atom stereocenters. The first kappa shape index (κ1) is 27.5. The first-order chi connectivity index (χ1) is 19.0. The number of amides is 1. The Labute approximate surface area is 230 Å². The van der Waals surface area contributed by atoms with Crippen molar-refractivity contribution in [1.29, 1.82) is 0 Å². The average Bonchev–Trinajstić information content (AvgIpc) is 3.85. The van der Waals surface area contributed by atoms with E-state index in [1.807, 2.05) is 12.1 Å². The molecule has 2 aliphatic carbocycles. The first-order valence-electron chi connectivity index (χ1n) is 12.3. The number of nitrogens with zero attached hydrogens (tertiary/aromatic N) is 4. The van der Waals surface area contributed by atoms with Crippen LogP contribution < -0.4 is 20.5 Å². The van der Waals surface area contributed by atoms with Gasteiger partial charge in [-0.3, -0.25) is 15.3 Å². The molecule has 0 saturated heterocycles. The molecule has 200 valence electrons. The summed E-state index contributed by atoms with van der Waals surface area (Å²) < 4.78 is 9.63. The number of rotatable bonds is 5. The standard InChI is InChI=1S/C14H13N3O2.C7H5ClO2.C7H9N3/c18-14(19-11-4-2-1-3-5-11)17-13-9-15-12(8-16-13)10-6-7-10;8-7(9)10-6-4-2-1-3-5-6;8-7-4-9-6(3-10-7)5-1-2-5/h1-5,8-10H,6-7H2,(H,16,17,18);1-5H;3-5H,1-2H2,(H2,8,10). The number of nitrogens with one attached hydrogen (secondary N) is 1. The number of benzene rings is 2. The Balaban J connectivity index is 0.000000149. The summed E-state index contributed by atoms with van der Waals surface area (Å²) in [6, 6.07) is 17.5. The van der Waals surface area contributed by atoms with Crippen molar-refractivity contribution < 1.29 is 19.1 Å². The molecule has 2 heterocycles. The molecule has 0 bridgehead atoms. The Morgan fingerprint density at radius 2 is 1.23 bits per heavy atom. The molecule has 2 aromatic carbocycles. The fraction of sp³-hybridized carbons (Fsp3) is 0.214. The summed E-state index contributed by atoms with van der Waals surface area (Å²) in [6.07, 6.45) is 11.0. The van der Waals surface area contributed by atoms with Gasteiger partial charge in [0, 0.05) is 23.4 Å². The van der Waals surface area contributed by atoms with Crippen molar-refractivity contribution in [3.63, 3.8) is 0 Å². The summed E-state index contributed by atoms with van der Waals surface area (Å²) in [4.78, 5) is 38.3. The molecular formula is C28H27ClN6O4. The van der Waals surface area contributed by atoms with E-state index in [9.17, 15) is 9.59 Å². The number of halogens is 1. The molecule has 0 aliphatic heterocycles. The first-order valence-corrected chi connectivity index (χ1v) is 12.7. The molecule has 0 radical (unpaired) electrons. The van der Waals surface area contributed by atoms with Crippen molar-refractivity contribution in [3.8, 4) is 11.5 Å². The molecule has 4 aromatic rings. The van der Waals surface area contributed by atoms with Crippen LogP contribution in [0.4, 0.5) is 21.2 Å². The van der Waals surface area contributed by atoms with Crippen LogP contribution in [0.3, 0.4) is 0 Å². The van der Waals surface area contributed by atoms with Crippen LogP contribution in [-0.4, -0.2) is 31.5 Å². The molecule has 0 atom stereocenters. The molecule has 6 rings (SSSR count). The van der Waals surface area contributed by atoms with Gasteiger partial charge in [-0.05, 0) is 49.9 Å². The number of anilines is 2. The van der Waals surface area contributed by atoms with Gasteiger partial charge in [-0.2, -0.15) is 0 Å². The van der Waals surface area contributed by atoms with Crippen LogP contribution in [0.1, 0.15) is 48.9 Å². The average molecular weight is 547 g/mol. The van der Waals surface area contributed by atoms with Crippen molar-refractivity contribution >= 4 is 34.8 Å². The summed E-state index contributed by atoms with van der Waals surface area (Å²) in [6.45, 7) is 0. The van der Waals surface area contributed by atoms with Gasteiger partial charge in [0.1, 0.15) is 17.3 Å². The van der Waals surface area contributed by atoms with Gasteiger partial charge in [-0.25, -0.2) is 19.6 Å². The third-order valence-corrected chi connectivity index (χ3v) is 5.56. The number of nitrogens with two attached hydrogens (primary N) is 1. The number of carbonyl (C=O) groups is 2. The van der Waals surface area contributed by atoms with Crippen LogP contribution in [0, 0.1) is 0 Å². The highest BCUT2D eigenvalue weighted by molar-refractivity contribution is 6.61. The van der Waals surface area contributed by atoms with E-state index >= 15 is 0 Å². The number of hydrogen-bond acceptors (Lipinski definition) is 9. The van der Waals surface area contributed by atoms with Crippen LogP contribution in [0.25, 0.3) is 0 Å². The molecule has 2 saturated carbocycles. The number of nitrogen functional groups attached to an aromatic ring is 1. The second kappa shape index (κ2) is 13.8. The predicted molar refractivity (Wildman–Crippen MR) is 147 cm³/mol. The third kappa shape index (κ3) is 10.0. The van der Waals surface area contributed by atoms with Crippen molar-refractivity contribution in [2.45, 2.75) is 37.5 Å². The predicted octanol–water partition coefficient (Wildman–Crippen LogP) is 6.33. The Kier molecular flexibility index (Phi) is 9.74. The van der Waals surface area contributed by atoms with Gasteiger partial charge in [0.2, 0.25) is 0 Å². The number of hydrogen-bond donors (Lipinski definition) is 2. The van der Waals surface area contributed by atoms with Gasteiger partial charge in [-0.1, -0.05) is 36.4 Å². The second-order valence-electron chi connectivity index (χ2n) is 8.72. The van der Waals surface area contributed by atoms with Crippen LogP contribution >= 0.6 is 11.6 Å². The lowest BCUT2D eigenvalue weighted by Gasteiger charge is -2.05. The van der Waals surface area contributed by atoms with E-state index in [4.69, 9.17) is 22.1 Å². The molecule has 1 amide bonds.